The van der Waals surface area contributed by atoms with E-state index < -0.39 is 5.63 Å². The van der Waals surface area contributed by atoms with Gasteiger partial charge in [-0.25, -0.2) is 4.79 Å². The first-order valence-electron chi connectivity index (χ1n) is 9.82. The molecule has 0 saturated carbocycles. The molecule has 3 aromatic rings. The number of anilines is 2. The Morgan fingerprint density at radius 2 is 1.90 bits per heavy atom. The molecular formula is C23H25ClN2O4. The standard InChI is InChI=1S/C23H25ClN2O4/c1-5-26(14(2)3)17-8-6-16(7-9-17)25-22(27)13-29-21-12-20-18(11-19(21)24)15(4)10-23(28)30-20/h6-12,14H,5,13H2,1-4H3,(H,25,27). The Balaban J connectivity index is 1.66. The second-order valence-corrected chi connectivity index (χ2v) is 7.70. The van der Waals surface area contributed by atoms with E-state index in [1.807, 2.05) is 24.3 Å². The van der Waals surface area contributed by atoms with Crippen molar-refractivity contribution in [3.63, 3.8) is 0 Å². The van der Waals surface area contributed by atoms with Gasteiger partial charge < -0.3 is 19.4 Å². The molecule has 7 heteroatoms. The van der Waals surface area contributed by atoms with Crippen LogP contribution < -0.4 is 20.6 Å². The minimum Gasteiger partial charge on any atom is -0.482 e. The number of hydrogen-bond acceptors (Lipinski definition) is 5. The van der Waals surface area contributed by atoms with Crippen molar-refractivity contribution < 1.29 is 13.9 Å². The maximum atomic E-state index is 12.3. The van der Waals surface area contributed by atoms with Gasteiger partial charge in [0.15, 0.2) is 6.61 Å². The van der Waals surface area contributed by atoms with E-state index in [2.05, 4.69) is 31.0 Å². The van der Waals surface area contributed by atoms with E-state index in [0.717, 1.165) is 23.2 Å². The van der Waals surface area contributed by atoms with Crippen LogP contribution in [0.25, 0.3) is 11.0 Å². The third-order valence-electron chi connectivity index (χ3n) is 4.81. The van der Waals surface area contributed by atoms with Gasteiger partial charge in [0.05, 0.1) is 5.02 Å². The van der Waals surface area contributed by atoms with Gasteiger partial charge in [0.2, 0.25) is 0 Å². The molecule has 0 atom stereocenters. The molecule has 0 fully saturated rings. The van der Waals surface area contributed by atoms with Crippen LogP contribution in [0.1, 0.15) is 26.3 Å². The molecule has 30 heavy (non-hydrogen) atoms. The van der Waals surface area contributed by atoms with Gasteiger partial charge in [0.1, 0.15) is 11.3 Å². The quantitative estimate of drug-likeness (QED) is 0.536. The predicted molar refractivity (Wildman–Crippen MR) is 121 cm³/mol. The Bertz CT molecular complexity index is 1110. The SMILES string of the molecule is CCN(c1ccc(NC(=O)COc2cc3oc(=O)cc(C)c3cc2Cl)cc1)C(C)C. The molecule has 1 heterocycles. The summed E-state index contributed by atoms with van der Waals surface area (Å²) in [5, 5.41) is 3.86. The van der Waals surface area contributed by atoms with Crippen LogP contribution in [-0.4, -0.2) is 25.1 Å². The monoisotopic (exact) mass is 428 g/mol. The van der Waals surface area contributed by atoms with E-state index in [-0.39, 0.29) is 18.3 Å². The summed E-state index contributed by atoms with van der Waals surface area (Å²) in [6, 6.07) is 12.7. The van der Waals surface area contributed by atoms with Crippen LogP contribution >= 0.6 is 11.6 Å². The molecule has 0 radical (unpaired) electrons. The second kappa shape index (κ2) is 9.22. The molecule has 2 aromatic carbocycles. The maximum Gasteiger partial charge on any atom is 0.336 e. The lowest BCUT2D eigenvalue weighted by atomic mass is 10.1. The number of carbonyl (C=O) groups excluding carboxylic acids is 1. The number of amides is 1. The lowest BCUT2D eigenvalue weighted by molar-refractivity contribution is -0.118. The lowest BCUT2D eigenvalue weighted by Gasteiger charge is -2.27. The first-order valence-corrected chi connectivity index (χ1v) is 10.2. The van der Waals surface area contributed by atoms with Crippen LogP contribution in [0.4, 0.5) is 11.4 Å². The average molecular weight is 429 g/mol. The molecule has 158 valence electrons. The number of hydrogen-bond donors (Lipinski definition) is 1. The molecule has 1 amide bonds. The number of aryl methyl sites for hydroxylation is 1. The molecular weight excluding hydrogens is 404 g/mol. The first kappa shape index (κ1) is 21.7. The Morgan fingerprint density at radius 3 is 2.53 bits per heavy atom. The smallest absolute Gasteiger partial charge is 0.336 e. The first-order chi connectivity index (χ1) is 14.3. The summed E-state index contributed by atoms with van der Waals surface area (Å²) >= 11 is 6.26. The molecule has 3 rings (SSSR count). The summed E-state index contributed by atoms with van der Waals surface area (Å²) in [6.45, 7) is 8.87. The minimum absolute atomic E-state index is 0.226. The number of rotatable bonds is 7. The molecule has 0 aliphatic heterocycles. The van der Waals surface area contributed by atoms with Gasteiger partial charge in [-0.1, -0.05) is 11.6 Å². The highest BCUT2D eigenvalue weighted by Gasteiger charge is 2.12. The lowest BCUT2D eigenvalue weighted by Crippen LogP contribution is -2.30. The summed E-state index contributed by atoms with van der Waals surface area (Å²) < 4.78 is 10.8. The fourth-order valence-corrected chi connectivity index (χ4v) is 3.57. The van der Waals surface area contributed by atoms with Gasteiger partial charge in [0, 0.05) is 41.5 Å². The van der Waals surface area contributed by atoms with Crippen molar-refractivity contribution >= 4 is 39.9 Å². The zero-order valence-corrected chi connectivity index (χ0v) is 18.2. The third kappa shape index (κ3) is 4.94. The molecule has 6 nitrogen and oxygen atoms in total. The van der Waals surface area contributed by atoms with Crippen LogP contribution in [-0.2, 0) is 4.79 Å². The Kier molecular flexibility index (Phi) is 6.67. The van der Waals surface area contributed by atoms with Crippen molar-refractivity contribution in [1.29, 1.82) is 0 Å². The Hall–Kier alpha value is -2.99. The number of nitrogens with one attached hydrogen (secondary N) is 1. The van der Waals surface area contributed by atoms with Crippen LogP contribution in [0.2, 0.25) is 5.02 Å². The summed E-state index contributed by atoms with van der Waals surface area (Å²) in [5.41, 5.74) is 2.45. The molecule has 0 aliphatic carbocycles. The fourth-order valence-electron chi connectivity index (χ4n) is 3.35. The van der Waals surface area contributed by atoms with Gasteiger partial charge in [-0.15, -0.1) is 0 Å². The van der Waals surface area contributed by atoms with Crippen molar-refractivity contribution in [3.8, 4) is 5.75 Å². The summed E-state index contributed by atoms with van der Waals surface area (Å²) in [5.74, 6) is -0.0419. The van der Waals surface area contributed by atoms with Gasteiger partial charge in [-0.05, 0) is 63.6 Å². The molecule has 0 saturated heterocycles. The largest absolute Gasteiger partial charge is 0.482 e. The van der Waals surface area contributed by atoms with E-state index in [0.29, 0.717) is 22.3 Å². The van der Waals surface area contributed by atoms with Crippen molar-refractivity contribution in [1.82, 2.24) is 0 Å². The zero-order chi connectivity index (χ0) is 21.8. The van der Waals surface area contributed by atoms with Gasteiger partial charge in [-0.3, -0.25) is 4.79 Å². The van der Waals surface area contributed by atoms with Crippen molar-refractivity contribution in [2.75, 3.05) is 23.4 Å². The second-order valence-electron chi connectivity index (χ2n) is 7.29. The highest BCUT2D eigenvalue weighted by molar-refractivity contribution is 6.32. The number of nitrogens with zero attached hydrogens (tertiary/aromatic N) is 1. The van der Waals surface area contributed by atoms with Crippen molar-refractivity contribution in [3.05, 3.63) is 63.5 Å². The fraction of sp³-hybridized carbons (Fsp3) is 0.304. The Morgan fingerprint density at radius 1 is 1.20 bits per heavy atom. The minimum atomic E-state index is -0.450. The molecule has 0 aliphatic rings. The van der Waals surface area contributed by atoms with Crippen LogP contribution in [0.5, 0.6) is 5.75 Å². The van der Waals surface area contributed by atoms with E-state index in [4.69, 9.17) is 20.8 Å². The normalized spacial score (nSPS) is 11.0. The van der Waals surface area contributed by atoms with Crippen LogP contribution in [0, 0.1) is 6.92 Å². The Labute approximate surface area is 180 Å². The van der Waals surface area contributed by atoms with Gasteiger partial charge in [-0.2, -0.15) is 0 Å². The summed E-state index contributed by atoms with van der Waals surface area (Å²) in [7, 11) is 0. The van der Waals surface area contributed by atoms with Crippen LogP contribution in [0.3, 0.4) is 0 Å². The molecule has 0 spiro atoms. The third-order valence-corrected chi connectivity index (χ3v) is 5.10. The van der Waals surface area contributed by atoms with Crippen LogP contribution in [0.15, 0.2) is 51.7 Å². The summed E-state index contributed by atoms with van der Waals surface area (Å²) in [4.78, 5) is 26.1. The van der Waals surface area contributed by atoms with E-state index >= 15 is 0 Å². The van der Waals surface area contributed by atoms with Crippen molar-refractivity contribution in [2.45, 2.75) is 33.7 Å². The van der Waals surface area contributed by atoms with E-state index in [1.54, 1.807) is 13.0 Å². The molecule has 0 unspecified atom stereocenters. The van der Waals surface area contributed by atoms with Crippen molar-refractivity contribution in [2.24, 2.45) is 0 Å². The van der Waals surface area contributed by atoms with E-state index in [1.165, 1.54) is 12.1 Å². The summed E-state index contributed by atoms with van der Waals surface area (Å²) in [6.07, 6.45) is 0. The number of halogens is 1. The predicted octanol–water partition coefficient (Wildman–Crippen LogP) is 5.01. The number of fused-ring (bicyclic) bond motifs is 1. The highest BCUT2D eigenvalue weighted by atomic mass is 35.5. The highest BCUT2D eigenvalue weighted by Crippen LogP contribution is 2.31. The molecule has 1 aromatic heterocycles. The maximum absolute atomic E-state index is 12.3. The molecule has 1 N–H and O–H groups in total. The topological polar surface area (TPSA) is 71.8 Å². The van der Waals surface area contributed by atoms with Gasteiger partial charge in [0.25, 0.3) is 5.91 Å². The van der Waals surface area contributed by atoms with Gasteiger partial charge >= 0.3 is 5.63 Å². The number of benzene rings is 2. The number of ether oxygens (including phenoxy) is 1. The average Bonchev–Trinajstić information content (AvgIpc) is 2.68. The molecule has 0 bridgehead atoms. The van der Waals surface area contributed by atoms with E-state index in [9.17, 15) is 9.59 Å². The number of carbonyl (C=O) groups is 1. The zero-order valence-electron chi connectivity index (χ0n) is 17.5.